The molecule has 4 aromatic carbocycles. The maximum absolute atomic E-state index is 13.6. The standard InChI is InChI=1S/C29H14O6/c30-25-14-6-1-3-8-16(14)27(32)23-18(10-5-11-19(23)25)22-21(29(34)35)13-12-20-24(22)28(33)17-9-4-2-7-15(17)26(20)31/h1-13H,(H,34,35). The van der Waals surface area contributed by atoms with Gasteiger partial charge in [0.15, 0.2) is 23.1 Å². The van der Waals surface area contributed by atoms with Crippen molar-refractivity contribution in [1.29, 1.82) is 0 Å². The molecule has 0 aliphatic heterocycles. The van der Waals surface area contributed by atoms with Gasteiger partial charge in [0, 0.05) is 50.1 Å². The summed E-state index contributed by atoms with van der Waals surface area (Å²) in [6, 6.07) is 19.9. The highest BCUT2D eigenvalue weighted by molar-refractivity contribution is 6.34. The molecule has 2 aliphatic rings. The van der Waals surface area contributed by atoms with Crippen molar-refractivity contribution in [1.82, 2.24) is 0 Å². The molecule has 6 nitrogen and oxygen atoms in total. The van der Waals surface area contributed by atoms with Crippen LogP contribution in [0.3, 0.4) is 0 Å². The van der Waals surface area contributed by atoms with Crippen molar-refractivity contribution in [2.45, 2.75) is 0 Å². The van der Waals surface area contributed by atoms with Crippen molar-refractivity contribution >= 4 is 29.1 Å². The molecule has 6 rings (SSSR count). The zero-order chi connectivity index (χ0) is 24.4. The number of rotatable bonds is 2. The lowest BCUT2D eigenvalue weighted by Gasteiger charge is -2.25. The second kappa shape index (κ2) is 7.27. The Bertz CT molecular complexity index is 1690. The van der Waals surface area contributed by atoms with E-state index in [1.807, 2.05) is 0 Å². The van der Waals surface area contributed by atoms with E-state index in [0.29, 0.717) is 0 Å². The molecule has 0 aromatic heterocycles. The van der Waals surface area contributed by atoms with Crippen LogP contribution in [0.2, 0.25) is 0 Å². The number of carboxylic acid groups (broad SMARTS) is 1. The summed E-state index contributed by atoms with van der Waals surface area (Å²) in [5, 5.41) is 10.0. The largest absolute Gasteiger partial charge is 0.478 e. The summed E-state index contributed by atoms with van der Waals surface area (Å²) in [5.74, 6) is -3.07. The first-order valence-corrected chi connectivity index (χ1v) is 10.8. The normalized spacial score (nSPS) is 13.6. The van der Waals surface area contributed by atoms with Crippen LogP contribution < -0.4 is 0 Å². The van der Waals surface area contributed by atoms with Gasteiger partial charge in [0.05, 0.1) is 5.56 Å². The van der Waals surface area contributed by atoms with Crippen molar-refractivity contribution in [3.63, 3.8) is 0 Å². The fraction of sp³-hybridized carbons (Fsp3) is 0. The van der Waals surface area contributed by atoms with Gasteiger partial charge in [-0.25, -0.2) is 4.79 Å². The van der Waals surface area contributed by atoms with Gasteiger partial charge in [-0.2, -0.15) is 0 Å². The average Bonchev–Trinajstić information content (AvgIpc) is 2.89. The van der Waals surface area contributed by atoms with E-state index >= 15 is 0 Å². The molecule has 0 fully saturated rings. The Morgan fingerprint density at radius 2 is 0.857 bits per heavy atom. The minimum atomic E-state index is -1.32. The Kier molecular flexibility index (Phi) is 4.28. The Labute approximate surface area is 198 Å². The van der Waals surface area contributed by atoms with Gasteiger partial charge in [-0.15, -0.1) is 0 Å². The molecule has 4 aromatic rings. The molecule has 0 amide bonds. The second-order valence-corrected chi connectivity index (χ2v) is 8.35. The van der Waals surface area contributed by atoms with Crippen molar-refractivity contribution in [2.75, 3.05) is 0 Å². The van der Waals surface area contributed by atoms with Crippen molar-refractivity contribution in [2.24, 2.45) is 0 Å². The molecule has 0 saturated carbocycles. The number of hydrogen-bond acceptors (Lipinski definition) is 5. The molecule has 1 N–H and O–H groups in total. The molecule has 0 spiro atoms. The number of carbonyl (C=O) groups excluding carboxylic acids is 4. The molecule has 2 aliphatic carbocycles. The average molecular weight is 458 g/mol. The molecule has 0 radical (unpaired) electrons. The number of hydrogen-bond donors (Lipinski definition) is 1. The van der Waals surface area contributed by atoms with Crippen LogP contribution in [0.4, 0.5) is 0 Å². The third-order valence-electron chi connectivity index (χ3n) is 6.55. The van der Waals surface area contributed by atoms with Gasteiger partial charge in [0.2, 0.25) is 0 Å². The smallest absolute Gasteiger partial charge is 0.336 e. The van der Waals surface area contributed by atoms with Crippen LogP contribution in [-0.4, -0.2) is 34.2 Å². The topological polar surface area (TPSA) is 106 Å². The van der Waals surface area contributed by atoms with E-state index in [1.54, 1.807) is 48.5 Å². The zero-order valence-electron chi connectivity index (χ0n) is 18.0. The van der Waals surface area contributed by atoms with Crippen LogP contribution in [0.25, 0.3) is 11.1 Å². The highest BCUT2D eigenvalue weighted by atomic mass is 16.4. The zero-order valence-corrected chi connectivity index (χ0v) is 18.0. The van der Waals surface area contributed by atoms with Crippen LogP contribution in [-0.2, 0) is 0 Å². The Morgan fingerprint density at radius 1 is 0.429 bits per heavy atom. The predicted molar refractivity (Wildman–Crippen MR) is 125 cm³/mol. The monoisotopic (exact) mass is 458 g/mol. The molecular weight excluding hydrogens is 444 g/mol. The number of aromatic carboxylic acids is 1. The lowest BCUT2D eigenvalue weighted by atomic mass is 9.75. The molecule has 0 saturated heterocycles. The SMILES string of the molecule is O=C1c2ccccc2C(=O)c2c1cccc2-c1c(C(=O)O)ccc2c1C(=O)c1ccccc1C2=O. The van der Waals surface area contributed by atoms with Crippen LogP contribution in [0.15, 0.2) is 78.9 Å². The quantitative estimate of drug-likeness (QED) is 0.407. The third-order valence-corrected chi connectivity index (χ3v) is 6.55. The van der Waals surface area contributed by atoms with Crippen LogP contribution in [0, 0.1) is 0 Å². The van der Waals surface area contributed by atoms with E-state index in [2.05, 4.69) is 0 Å². The number of carbonyl (C=O) groups is 5. The van der Waals surface area contributed by atoms with E-state index in [-0.39, 0.29) is 67.0 Å². The van der Waals surface area contributed by atoms with Gasteiger partial charge in [-0.3, -0.25) is 19.2 Å². The van der Waals surface area contributed by atoms with E-state index in [1.165, 1.54) is 30.3 Å². The first-order valence-electron chi connectivity index (χ1n) is 10.8. The first-order chi connectivity index (χ1) is 16.9. The lowest BCUT2D eigenvalue weighted by Crippen LogP contribution is -2.25. The maximum atomic E-state index is 13.6. The third kappa shape index (κ3) is 2.74. The van der Waals surface area contributed by atoms with Crippen molar-refractivity contribution in [3.8, 4) is 11.1 Å². The van der Waals surface area contributed by atoms with E-state index in [9.17, 15) is 29.1 Å². The molecule has 0 unspecified atom stereocenters. The van der Waals surface area contributed by atoms with Gasteiger partial charge in [-0.05, 0) is 17.7 Å². The highest BCUT2D eigenvalue weighted by Gasteiger charge is 2.37. The molecule has 35 heavy (non-hydrogen) atoms. The van der Waals surface area contributed by atoms with Crippen LogP contribution in [0.1, 0.15) is 74.0 Å². The van der Waals surface area contributed by atoms with E-state index < -0.39 is 23.3 Å². The minimum Gasteiger partial charge on any atom is -0.478 e. The Morgan fingerprint density at radius 3 is 1.40 bits per heavy atom. The molecular formula is C29H14O6. The van der Waals surface area contributed by atoms with Gasteiger partial charge in [0.25, 0.3) is 0 Å². The number of benzene rings is 4. The minimum absolute atomic E-state index is 0.0196. The fourth-order valence-electron chi connectivity index (χ4n) is 5.00. The maximum Gasteiger partial charge on any atom is 0.336 e. The summed E-state index contributed by atoms with van der Waals surface area (Å²) >= 11 is 0. The first kappa shape index (κ1) is 20.6. The van der Waals surface area contributed by atoms with Gasteiger partial charge in [-0.1, -0.05) is 66.7 Å². The van der Waals surface area contributed by atoms with Gasteiger partial charge in [0.1, 0.15) is 0 Å². The molecule has 0 atom stereocenters. The van der Waals surface area contributed by atoms with Crippen molar-refractivity contribution in [3.05, 3.63) is 129 Å². The fourth-order valence-corrected chi connectivity index (χ4v) is 5.00. The van der Waals surface area contributed by atoms with E-state index in [4.69, 9.17) is 0 Å². The van der Waals surface area contributed by atoms with Gasteiger partial charge >= 0.3 is 5.97 Å². The molecule has 0 heterocycles. The van der Waals surface area contributed by atoms with Gasteiger partial charge < -0.3 is 5.11 Å². The van der Waals surface area contributed by atoms with E-state index in [0.717, 1.165) is 0 Å². The number of ketones is 4. The highest BCUT2D eigenvalue weighted by Crippen LogP contribution is 2.41. The Hall–Kier alpha value is -4.97. The summed E-state index contributed by atoms with van der Waals surface area (Å²) in [6.07, 6.45) is 0. The molecule has 0 bridgehead atoms. The molecule has 6 heteroatoms. The number of carboxylic acids is 1. The second-order valence-electron chi connectivity index (χ2n) is 8.35. The van der Waals surface area contributed by atoms with Crippen molar-refractivity contribution < 1.29 is 29.1 Å². The summed E-state index contributed by atoms with van der Waals surface area (Å²) in [4.78, 5) is 66.0. The van der Waals surface area contributed by atoms with Crippen LogP contribution in [0.5, 0.6) is 0 Å². The number of fused-ring (bicyclic) bond motifs is 4. The summed E-state index contributed by atoms with van der Waals surface area (Å²) in [5.41, 5.74) is 0.814. The summed E-state index contributed by atoms with van der Waals surface area (Å²) in [6.45, 7) is 0. The molecule has 166 valence electrons. The predicted octanol–water partition coefficient (Wildman–Crippen LogP) is 4.60. The lowest BCUT2D eigenvalue weighted by molar-refractivity contribution is 0.0696. The summed E-state index contributed by atoms with van der Waals surface area (Å²) < 4.78 is 0. The Balaban J connectivity index is 1.71. The summed E-state index contributed by atoms with van der Waals surface area (Å²) in [7, 11) is 0. The van der Waals surface area contributed by atoms with Crippen LogP contribution >= 0.6 is 0 Å².